The highest BCUT2D eigenvalue weighted by Crippen LogP contribution is 2.25. The van der Waals surface area contributed by atoms with Crippen molar-refractivity contribution in [2.75, 3.05) is 5.75 Å². The highest BCUT2D eigenvalue weighted by molar-refractivity contribution is 7.99. The molecule has 0 N–H and O–H groups in total. The van der Waals surface area contributed by atoms with Crippen molar-refractivity contribution >= 4 is 28.9 Å². The molecule has 0 aliphatic carbocycles. The van der Waals surface area contributed by atoms with Crippen molar-refractivity contribution in [3.05, 3.63) is 45.9 Å². The van der Waals surface area contributed by atoms with Gasteiger partial charge in [0.15, 0.2) is 11.7 Å². The molecular weight excluding hydrogens is 356 g/mol. The van der Waals surface area contributed by atoms with Crippen LogP contribution in [0.15, 0.2) is 34.8 Å². The quantitative estimate of drug-likeness (QED) is 0.615. The van der Waals surface area contributed by atoms with Crippen molar-refractivity contribution in [1.82, 2.24) is 25.2 Å². The van der Waals surface area contributed by atoms with Crippen LogP contribution in [-0.2, 0) is 4.79 Å². The highest BCUT2D eigenvalue weighted by Gasteiger charge is 2.24. The van der Waals surface area contributed by atoms with Crippen LogP contribution in [0.25, 0.3) is 5.69 Å². The molecule has 25 heavy (non-hydrogen) atoms. The number of aromatic nitrogens is 5. The van der Waals surface area contributed by atoms with Crippen LogP contribution in [0.2, 0.25) is 0 Å². The van der Waals surface area contributed by atoms with Gasteiger partial charge in [-0.25, -0.2) is 4.98 Å². The predicted molar refractivity (Wildman–Crippen MR) is 94.8 cm³/mol. The van der Waals surface area contributed by atoms with Gasteiger partial charge in [-0.1, -0.05) is 29.5 Å². The number of ketones is 1. The van der Waals surface area contributed by atoms with Crippen molar-refractivity contribution in [3.8, 4) is 11.8 Å². The number of hydrogen-bond donors (Lipinski definition) is 0. The molecule has 3 rings (SSSR count). The number of carbonyl (C=O) groups is 1. The van der Waals surface area contributed by atoms with E-state index in [1.807, 2.05) is 49.6 Å². The Labute approximate surface area is 152 Å². The molecule has 0 aliphatic rings. The molecule has 126 valence electrons. The summed E-state index contributed by atoms with van der Waals surface area (Å²) in [6.45, 7) is 3.84. The normalized spacial score (nSPS) is 11.9. The SMILES string of the molecule is Cc1ccc(-n2nnnc2SCC(=O)[C@@H](C#N)c2nc(C)cs2)cc1. The van der Waals surface area contributed by atoms with E-state index in [-0.39, 0.29) is 11.5 Å². The van der Waals surface area contributed by atoms with Crippen molar-refractivity contribution < 1.29 is 4.79 Å². The van der Waals surface area contributed by atoms with E-state index in [2.05, 4.69) is 20.5 Å². The number of benzene rings is 1. The van der Waals surface area contributed by atoms with E-state index < -0.39 is 5.92 Å². The molecule has 2 heterocycles. The molecule has 0 fully saturated rings. The van der Waals surface area contributed by atoms with Gasteiger partial charge in [-0.15, -0.1) is 16.4 Å². The monoisotopic (exact) mass is 370 g/mol. The second kappa shape index (κ2) is 7.55. The maximum atomic E-state index is 12.4. The second-order valence-electron chi connectivity index (χ2n) is 5.35. The summed E-state index contributed by atoms with van der Waals surface area (Å²) in [7, 11) is 0. The van der Waals surface area contributed by atoms with E-state index in [9.17, 15) is 10.1 Å². The summed E-state index contributed by atoms with van der Waals surface area (Å²) in [6, 6.07) is 9.79. The molecule has 0 unspecified atom stereocenters. The minimum atomic E-state index is -0.852. The van der Waals surface area contributed by atoms with Gasteiger partial charge < -0.3 is 0 Å². The predicted octanol–water partition coefficient (Wildman–Crippen LogP) is 2.70. The molecule has 9 heteroatoms. The first-order chi connectivity index (χ1) is 12.1. The molecule has 0 amide bonds. The first-order valence-electron chi connectivity index (χ1n) is 7.41. The lowest BCUT2D eigenvalue weighted by Gasteiger charge is -2.06. The van der Waals surface area contributed by atoms with E-state index >= 15 is 0 Å². The fourth-order valence-electron chi connectivity index (χ4n) is 2.11. The average molecular weight is 370 g/mol. The van der Waals surface area contributed by atoms with E-state index in [1.54, 1.807) is 4.68 Å². The number of carbonyl (C=O) groups excluding carboxylic acids is 1. The fraction of sp³-hybridized carbons (Fsp3) is 0.250. The van der Waals surface area contributed by atoms with Crippen LogP contribution in [0.3, 0.4) is 0 Å². The Hall–Kier alpha value is -2.57. The van der Waals surface area contributed by atoms with Gasteiger partial charge in [-0.2, -0.15) is 9.94 Å². The molecule has 0 spiro atoms. The smallest absolute Gasteiger partial charge is 0.214 e. The summed E-state index contributed by atoms with van der Waals surface area (Å²) in [4.78, 5) is 16.7. The molecule has 3 aromatic rings. The van der Waals surface area contributed by atoms with Gasteiger partial charge in [0, 0.05) is 11.1 Å². The Balaban J connectivity index is 1.72. The zero-order chi connectivity index (χ0) is 17.8. The van der Waals surface area contributed by atoms with Crippen LogP contribution in [0, 0.1) is 25.2 Å². The minimum absolute atomic E-state index is 0.100. The number of Topliss-reactive ketones (excluding diaryl/α,β-unsaturated/α-hetero) is 1. The van der Waals surface area contributed by atoms with Crippen LogP contribution in [-0.4, -0.2) is 36.7 Å². The first-order valence-corrected chi connectivity index (χ1v) is 9.27. The second-order valence-corrected chi connectivity index (χ2v) is 7.19. The lowest BCUT2D eigenvalue weighted by molar-refractivity contribution is -0.116. The highest BCUT2D eigenvalue weighted by atomic mass is 32.2. The summed E-state index contributed by atoms with van der Waals surface area (Å²) in [5.41, 5.74) is 2.76. The van der Waals surface area contributed by atoms with E-state index in [4.69, 9.17) is 0 Å². The summed E-state index contributed by atoms with van der Waals surface area (Å²) in [6.07, 6.45) is 0. The number of tetrazole rings is 1. The molecule has 1 aromatic carbocycles. The maximum absolute atomic E-state index is 12.4. The topological polar surface area (TPSA) is 97.4 Å². The number of nitrogens with zero attached hydrogens (tertiary/aromatic N) is 6. The minimum Gasteiger partial charge on any atom is -0.297 e. The first kappa shape index (κ1) is 17.3. The Kier molecular flexibility index (Phi) is 5.21. The summed E-state index contributed by atoms with van der Waals surface area (Å²) in [5, 5.41) is 23.8. The van der Waals surface area contributed by atoms with Gasteiger partial charge in [0.2, 0.25) is 5.16 Å². The van der Waals surface area contributed by atoms with Crippen LogP contribution >= 0.6 is 23.1 Å². The fourth-order valence-corrected chi connectivity index (χ4v) is 3.76. The Morgan fingerprint density at radius 2 is 2.12 bits per heavy atom. The zero-order valence-electron chi connectivity index (χ0n) is 13.6. The van der Waals surface area contributed by atoms with Crippen molar-refractivity contribution in [2.45, 2.75) is 24.9 Å². The van der Waals surface area contributed by atoms with Crippen molar-refractivity contribution in [2.24, 2.45) is 0 Å². The maximum Gasteiger partial charge on any atom is 0.214 e. The number of thioether (sulfide) groups is 1. The Bertz CT molecular complexity index is 925. The molecule has 0 aliphatic heterocycles. The Morgan fingerprint density at radius 1 is 1.36 bits per heavy atom. The largest absolute Gasteiger partial charge is 0.297 e. The number of aryl methyl sites for hydroxylation is 2. The molecule has 0 saturated heterocycles. The van der Waals surface area contributed by atoms with Gasteiger partial charge in [-0.05, 0) is 36.4 Å². The lowest BCUT2D eigenvalue weighted by Crippen LogP contribution is -2.13. The molecule has 0 bridgehead atoms. The summed E-state index contributed by atoms with van der Waals surface area (Å²) in [5.74, 6) is -0.960. The summed E-state index contributed by atoms with van der Waals surface area (Å²) < 4.78 is 1.58. The summed E-state index contributed by atoms with van der Waals surface area (Å²) >= 11 is 2.54. The van der Waals surface area contributed by atoms with E-state index in [1.165, 1.54) is 23.1 Å². The standard InChI is InChI=1S/C16H14N6OS2/c1-10-3-5-12(6-4-10)22-16(19-20-21-22)25-9-14(23)13(7-17)15-18-11(2)8-24-15/h3-6,8,13H,9H2,1-2H3/t13-/m1/s1. The van der Waals surface area contributed by atoms with Gasteiger partial charge in [0.25, 0.3) is 0 Å². The molecule has 2 aromatic heterocycles. The number of nitriles is 1. The van der Waals surface area contributed by atoms with Gasteiger partial charge in [0.1, 0.15) is 5.01 Å². The van der Waals surface area contributed by atoms with Gasteiger partial charge in [0.05, 0.1) is 17.5 Å². The third-order valence-electron chi connectivity index (χ3n) is 3.40. The lowest BCUT2D eigenvalue weighted by atomic mass is 10.1. The number of hydrogen-bond acceptors (Lipinski definition) is 8. The average Bonchev–Trinajstić information content (AvgIpc) is 3.23. The number of rotatable bonds is 6. The zero-order valence-corrected chi connectivity index (χ0v) is 15.2. The molecular formula is C16H14N6OS2. The van der Waals surface area contributed by atoms with Crippen molar-refractivity contribution in [1.29, 1.82) is 5.26 Å². The van der Waals surface area contributed by atoms with E-state index in [0.717, 1.165) is 16.9 Å². The van der Waals surface area contributed by atoms with Gasteiger partial charge >= 0.3 is 0 Å². The number of thiazole rings is 1. The van der Waals surface area contributed by atoms with Crippen LogP contribution in [0.4, 0.5) is 0 Å². The third kappa shape index (κ3) is 3.92. The molecule has 0 saturated carbocycles. The third-order valence-corrected chi connectivity index (χ3v) is 5.37. The van der Waals surface area contributed by atoms with E-state index in [0.29, 0.717) is 10.2 Å². The Morgan fingerprint density at radius 3 is 2.76 bits per heavy atom. The molecule has 0 radical (unpaired) electrons. The molecule has 1 atom stereocenters. The van der Waals surface area contributed by atoms with Crippen molar-refractivity contribution in [3.63, 3.8) is 0 Å². The molecule has 7 nitrogen and oxygen atoms in total. The van der Waals surface area contributed by atoms with Crippen LogP contribution < -0.4 is 0 Å². The van der Waals surface area contributed by atoms with Crippen LogP contribution in [0.5, 0.6) is 0 Å². The van der Waals surface area contributed by atoms with Gasteiger partial charge in [-0.3, -0.25) is 4.79 Å². The van der Waals surface area contributed by atoms with Crippen LogP contribution in [0.1, 0.15) is 22.2 Å².